The average Bonchev–Trinajstić information content (AvgIpc) is 2.49. The Hall–Kier alpha value is -2.11. The second-order valence-corrected chi connectivity index (χ2v) is 5.12. The minimum absolute atomic E-state index is 0.0102. The summed E-state index contributed by atoms with van der Waals surface area (Å²) in [5.41, 5.74) is 0.572. The zero-order valence-corrected chi connectivity index (χ0v) is 12.3. The van der Waals surface area contributed by atoms with Crippen LogP contribution in [0.15, 0.2) is 18.2 Å². The largest absolute Gasteiger partial charge is 0.481 e. The molecule has 1 aliphatic rings. The van der Waals surface area contributed by atoms with E-state index in [0.717, 1.165) is 6.42 Å². The highest BCUT2D eigenvalue weighted by atomic mass is 16.5. The van der Waals surface area contributed by atoms with Crippen molar-refractivity contribution in [2.75, 3.05) is 13.7 Å². The number of amides is 1. The Balaban J connectivity index is 2.43. The van der Waals surface area contributed by atoms with E-state index in [2.05, 4.69) is 4.98 Å². The van der Waals surface area contributed by atoms with E-state index in [1.165, 1.54) is 7.11 Å². The lowest BCUT2D eigenvalue weighted by molar-refractivity contribution is -0.152. The minimum atomic E-state index is -0.891. The lowest BCUT2D eigenvalue weighted by Gasteiger charge is -2.39. The second-order valence-electron chi connectivity index (χ2n) is 5.12. The number of hydrogen-bond acceptors (Lipinski definition) is 4. The van der Waals surface area contributed by atoms with Gasteiger partial charge in [-0.25, -0.2) is 4.98 Å². The smallest absolute Gasteiger partial charge is 0.309 e. The predicted octanol–water partition coefficient (Wildman–Crippen LogP) is 1.86. The number of aromatic nitrogens is 1. The minimum Gasteiger partial charge on any atom is -0.481 e. The molecule has 6 heteroatoms. The Morgan fingerprint density at radius 3 is 2.90 bits per heavy atom. The third-order valence-electron chi connectivity index (χ3n) is 3.75. The lowest BCUT2D eigenvalue weighted by Crippen LogP contribution is -2.46. The Morgan fingerprint density at radius 1 is 1.52 bits per heavy atom. The number of carbonyl (C=O) groups excluding carboxylic acids is 1. The molecule has 1 aromatic rings. The van der Waals surface area contributed by atoms with Crippen molar-refractivity contribution in [1.29, 1.82) is 0 Å². The fourth-order valence-electron chi connectivity index (χ4n) is 2.79. The zero-order valence-electron chi connectivity index (χ0n) is 12.3. The summed E-state index contributed by atoms with van der Waals surface area (Å²) < 4.78 is 5.10. The van der Waals surface area contributed by atoms with Crippen molar-refractivity contribution in [2.24, 2.45) is 5.92 Å². The first-order valence-corrected chi connectivity index (χ1v) is 7.11. The molecule has 1 saturated heterocycles. The van der Waals surface area contributed by atoms with Gasteiger partial charge >= 0.3 is 5.97 Å². The molecule has 2 rings (SSSR count). The van der Waals surface area contributed by atoms with Gasteiger partial charge in [-0.3, -0.25) is 9.59 Å². The number of carbonyl (C=O) groups is 2. The Kier molecular flexibility index (Phi) is 4.77. The maximum Gasteiger partial charge on any atom is 0.309 e. The van der Waals surface area contributed by atoms with Gasteiger partial charge in [0.05, 0.1) is 24.8 Å². The molecule has 0 aliphatic carbocycles. The van der Waals surface area contributed by atoms with Gasteiger partial charge in [-0.15, -0.1) is 0 Å². The van der Waals surface area contributed by atoms with Crippen molar-refractivity contribution in [3.63, 3.8) is 0 Å². The topological polar surface area (TPSA) is 79.7 Å². The van der Waals surface area contributed by atoms with Crippen molar-refractivity contribution in [1.82, 2.24) is 9.88 Å². The van der Waals surface area contributed by atoms with Gasteiger partial charge in [0.25, 0.3) is 0 Å². The summed E-state index contributed by atoms with van der Waals surface area (Å²) in [7, 11) is 1.51. The van der Waals surface area contributed by atoms with Gasteiger partial charge in [0, 0.05) is 19.0 Å². The Morgan fingerprint density at radius 2 is 2.29 bits per heavy atom. The molecule has 2 unspecified atom stereocenters. The first-order valence-electron chi connectivity index (χ1n) is 7.11. The highest BCUT2D eigenvalue weighted by Gasteiger charge is 2.41. The molecule has 0 aromatic carbocycles. The zero-order chi connectivity index (χ0) is 15.4. The van der Waals surface area contributed by atoms with Crippen LogP contribution >= 0.6 is 0 Å². The van der Waals surface area contributed by atoms with Crippen molar-refractivity contribution < 1.29 is 19.4 Å². The highest BCUT2D eigenvalue weighted by Crippen LogP contribution is 2.36. The number of likely N-dealkylation sites (tertiary alicyclic amines) is 1. The van der Waals surface area contributed by atoms with E-state index in [0.29, 0.717) is 24.5 Å². The van der Waals surface area contributed by atoms with Gasteiger partial charge in [-0.05, 0) is 18.9 Å². The van der Waals surface area contributed by atoms with Gasteiger partial charge in [0.15, 0.2) is 0 Å². The number of piperidine rings is 1. The van der Waals surface area contributed by atoms with E-state index in [4.69, 9.17) is 4.74 Å². The van der Waals surface area contributed by atoms with Crippen LogP contribution in [0.1, 0.15) is 37.9 Å². The van der Waals surface area contributed by atoms with Gasteiger partial charge in [0.2, 0.25) is 11.8 Å². The van der Waals surface area contributed by atoms with Crippen molar-refractivity contribution in [3.8, 4) is 5.88 Å². The van der Waals surface area contributed by atoms with Gasteiger partial charge in [-0.1, -0.05) is 13.0 Å². The fourth-order valence-corrected chi connectivity index (χ4v) is 2.79. The summed E-state index contributed by atoms with van der Waals surface area (Å²) in [6, 6.07) is 4.70. The summed E-state index contributed by atoms with van der Waals surface area (Å²) >= 11 is 0. The van der Waals surface area contributed by atoms with Gasteiger partial charge in [-0.2, -0.15) is 0 Å². The van der Waals surface area contributed by atoms with E-state index in [-0.39, 0.29) is 12.3 Å². The monoisotopic (exact) mass is 292 g/mol. The first kappa shape index (κ1) is 15.3. The number of methoxy groups -OCH3 is 1. The molecule has 1 aromatic heterocycles. The number of pyridine rings is 1. The molecule has 6 nitrogen and oxygen atoms in total. The molecule has 1 aliphatic heterocycles. The van der Waals surface area contributed by atoms with Crippen LogP contribution in [0, 0.1) is 5.92 Å². The van der Waals surface area contributed by atoms with E-state index >= 15 is 0 Å². The van der Waals surface area contributed by atoms with Crippen molar-refractivity contribution in [2.45, 2.75) is 32.2 Å². The van der Waals surface area contributed by atoms with Crippen LogP contribution in [0.25, 0.3) is 0 Å². The van der Waals surface area contributed by atoms with E-state index in [9.17, 15) is 14.7 Å². The maximum atomic E-state index is 12.2. The van der Waals surface area contributed by atoms with E-state index < -0.39 is 17.9 Å². The molecule has 0 saturated carbocycles. The van der Waals surface area contributed by atoms with Crippen LogP contribution in [-0.4, -0.2) is 40.5 Å². The molecular formula is C15H20N2O4. The van der Waals surface area contributed by atoms with Crippen LogP contribution < -0.4 is 4.74 Å². The molecule has 1 fully saturated rings. The molecule has 2 atom stereocenters. The second kappa shape index (κ2) is 6.56. The molecular weight excluding hydrogens is 272 g/mol. The normalized spacial score (nSPS) is 22.2. The molecule has 2 heterocycles. The summed E-state index contributed by atoms with van der Waals surface area (Å²) in [5, 5.41) is 9.47. The molecule has 1 amide bonds. The van der Waals surface area contributed by atoms with Crippen molar-refractivity contribution in [3.05, 3.63) is 23.9 Å². The number of nitrogens with zero attached hydrogens (tertiary/aromatic N) is 2. The van der Waals surface area contributed by atoms with Crippen molar-refractivity contribution >= 4 is 11.9 Å². The molecule has 1 N–H and O–H groups in total. The molecule has 0 bridgehead atoms. The third kappa shape index (κ3) is 3.15. The van der Waals surface area contributed by atoms with Crippen LogP contribution in [0.3, 0.4) is 0 Å². The third-order valence-corrected chi connectivity index (χ3v) is 3.75. The lowest BCUT2D eigenvalue weighted by atomic mass is 9.86. The number of carboxylic acid groups (broad SMARTS) is 1. The predicted molar refractivity (Wildman–Crippen MR) is 75.9 cm³/mol. The molecule has 0 radical (unpaired) electrons. The molecule has 21 heavy (non-hydrogen) atoms. The molecule has 0 spiro atoms. The number of ether oxygens (including phenoxy) is 1. The quantitative estimate of drug-likeness (QED) is 0.896. The number of rotatable bonds is 5. The molecule has 114 valence electrons. The number of aliphatic carboxylic acids is 1. The fraction of sp³-hybridized carbons (Fsp3) is 0.533. The maximum absolute atomic E-state index is 12.2. The number of carboxylic acids is 1. The van der Waals surface area contributed by atoms with Gasteiger partial charge in [0.1, 0.15) is 0 Å². The van der Waals surface area contributed by atoms with Crippen LogP contribution in [0.5, 0.6) is 5.88 Å². The van der Waals surface area contributed by atoms with Crippen LogP contribution in [-0.2, 0) is 9.59 Å². The van der Waals surface area contributed by atoms with Crippen LogP contribution in [0.2, 0.25) is 0 Å². The van der Waals surface area contributed by atoms with E-state index in [1.807, 2.05) is 6.92 Å². The summed E-state index contributed by atoms with van der Waals surface area (Å²) in [6.07, 6.45) is 1.40. The SMILES string of the molecule is CCCN1C(=O)CCC(C(=O)O)C1c1cccc(OC)n1. The summed E-state index contributed by atoms with van der Waals surface area (Å²) in [4.78, 5) is 29.7. The Bertz CT molecular complexity index is 532. The highest BCUT2D eigenvalue weighted by molar-refractivity contribution is 5.81. The summed E-state index contributed by atoms with van der Waals surface area (Å²) in [5.74, 6) is -1.11. The standard InChI is InChI=1S/C15H20N2O4/c1-3-9-17-13(18)8-7-10(15(19)20)14(17)11-5-4-6-12(16-11)21-2/h4-6,10,14H,3,7-9H2,1-2H3,(H,19,20). The van der Waals surface area contributed by atoms with Crippen LogP contribution in [0.4, 0.5) is 0 Å². The first-order chi connectivity index (χ1) is 10.1. The summed E-state index contributed by atoms with van der Waals surface area (Å²) in [6.45, 7) is 2.50. The van der Waals surface area contributed by atoms with Gasteiger partial charge < -0.3 is 14.7 Å². The van der Waals surface area contributed by atoms with E-state index in [1.54, 1.807) is 23.1 Å². The Labute approximate surface area is 123 Å². The average molecular weight is 292 g/mol. The number of hydrogen-bond donors (Lipinski definition) is 1.